The molecule has 0 spiro atoms. The molecule has 0 aromatic carbocycles. The summed E-state index contributed by atoms with van der Waals surface area (Å²) in [6.07, 6.45) is 1.07. The summed E-state index contributed by atoms with van der Waals surface area (Å²) in [5, 5.41) is 0. The minimum absolute atomic E-state index is 0.0492. The molecular formula is C16H32N2O. The predicted octanol–water partition coefficient (Wildman–Crippen LogP) is 3.09. The lowest BCUT2D eigenvalue weighted by atomic mass is 9.78. The molecule has 3 heteroatoms. The van der Waals surface area contributed by atoms with Gasteiger partial charge in [-0.25, -0.2) is 0 Å². The molecule has 1 saturated heterocycles. The summed E-state index contributed by atoms with van der Waals surface area (Å²) in [4.78, 5) is 0. The van der Waals surface area contributed by atoms with Crippen molar-refractivity contribution >= 4 is 0 Å². The lowest BCUT2D eigenvalue weighted by molar-refractivity contribution is -0.0789. The van der Waals surface area contributed by atoms with Crippen LogP contribution < -0.4 is 11.3 Å². The van der Waals surface area contributed by atoms with Gasteiger partial charge in [-0.15, -0.1) is 0 Å². The van der Waals surface area contributed by atoms with E-state index < -0.39 is 0 Å². The molecule has 1 heterocycles. The fraction of sp³-hybridized carbons (Fsp3) is 1.00. The van der Waals surface area contributed by atoms with Crippen LogP contribution in [0.5, 0.6) is 0 Å². The Labute approximate surface area is 118 Å². The highest BCUT2D eigenvalue weighted by molar-refractivity contribution is 5.19. The molecule has 2 fully saturated rings. The van der Waals surface area contributed by atoms with Crippen molar-refractivity contribution in [2.45, 2.75) is 79.1 Å². The summed E-state index contributed by atoms with van der Waals surface area (Å²) in [5.74, 6) is 7.00. The van der Waals surface area contributed by atoms with Gasteiger partial charge >= 0.3 is 0 Å². The second-order valence-corrected chi connectivity index (χ2v) is 8.89. The molecule has 0 radical (unpaired) electrons. The molecule has 1 aliphatic carbocycles. The topological polar surface area (TPSA) is 47.3 Å². The quantitative estimate of drug-likeness (QED) is 0.611. The number of nitrogens with one attached hydrogen (secondary N) is 1. The number of hydrogen-bond acceptors (Lipinski definition) is 3. The molecule has 2 atom stereocenters. The highest BCUT2D eigenvalue weighted by Crippen LogP contribution is 2.71. The minimum atomic E-state index is -0.116. The average Bonchev–Trinajstić information content (AvgIpc) is 2.46. The number of ether oxygens (including phenoxy) is 1. The fourth-order valence-corrected chi connectivity index (χ4v) is 4.75. The Hall–Kier alpha value is -0.120. The Morgan fingerprint density at radius 1 is 1.00 bits per heavy atom. The molecule has 0 amide bonds. The monoisotopic (exact) mass is 268 g/mol. The largest absolute Gasteiger partial charge is 0.369 e. The van der Waals surface area contributed by atoms with Crippen molar-refractivity contribution in [2.24, 2.45) is 28.5 Å². The Balaban J connectivity index is 2.25. The highest BCUT2D eigenvalue weighted by atomic mass is 16.5. The van der Waals surface area contributed by atoms with Crippen molar-refractivity contribution < 1.29 is 4.74 Å². The molecule has 0 aromatic rings. The van der Waals surface area contributed by atoms with E-state index >= 15 is 0 Å². The second-order valence-electron chi connectivity index (χ2n) is 8.89. The van der Waals surface area contributed by atoms with Crippen molar-refractivity contribution in [2.75, 3.05) is 0 Å². The fourth-order valence-electron chi connectivity index (χ4n) is 4.75. The third kappa shape index (κ3) is 2.14. The van der Waals surface area contributed by atoms with E-state index in [1.54, 1.807) is 0 Å². The van der Waals surface area contributed by atoms with Crippen molar-refractivity contribution in [1.29, 1.82) is 0 Å². The third-order valence-electron chi connectivity index (χ3n) is 6.26. The van der Waals surface area contributed by atoms with Crippen molar-refractivity contribution in [3.63, 3.8) is 0 Å². The maximum Gasteiger partial charge on any atom is 0.0678 e. The molecule has 19 heavy (non-hydrogen) atoms. The maximum atomic E-state index is 6.25. The molecular weight excluding hydrogens is 236 g/mol. The van der Waals surface area contributed by atoms with Gasteiger partial charge in [-0.2, -0.15) is 0 Å². The molecule has 1 aliphatic heterocycles. The van der Waals surface area contributed by atoms with Crippen LogP contribution in [0.3, 0.4) is 0 Å². The van der Waals surface area contributed by atoms with E-state index in [2.05, 4.69) is 60.8 Å². The van der Waals surface area contributed by atoms with Gasteiger partial charge in [0.1, 0.15) is 0 Å². The summed E-state index contributed by atoms with van der Waals surface area (Å²) in [6.45, 7) is 18.2. The van der Waals surface area contributed by atoms with Gasteiger partial charge in [-0.3, -0.25) is 11.3 Å². The molecule has 3 N–H and O–H groups in total. The molecule has 2 unspecified atom stereocenters. The van der Waals surface area contributed by atoms with Gasteiger partial charge in [0.05, 0.1) is 11.2 Å². The van der Waals surface area contributed by atoms with Crippen LogP contribution >= 0.6 is 0 Å². The smallest absolute Gasteiger partial charge is 0.0678 e. The van der Waals surface area contributed by atoms with Crippen LogP contribution in [0, 0.1) is 22.7 Å². The maximum absolute atomic E-state index is 6.25. The summed E-state index contributed by atoms with van der Waals surface area (Å²) in [5.41, 5.74) is 3.65. The summed E-state index contributed by atoms with van der Waals surface area (Å²) in [6, 6.07) is 0.321. The Morgan fingerprint density at radius 2 is 1.47 bits per heavy atom. The summed E-state index contributed by atoms with van der Waals surface area (Å²) in [7, 11) is 0. The standard InChI is InChI=1S/C16H32N2O/c1-13(2)9-10(16(7,8)19-13)11(18-17)12-14(3,4)15(12,5)6/h10-12,18H,9,17H2,1-8H3. The first-order valence-corrected chi connectivity index (χ1v) is 7.53. The van der Waals surface area contributed by atoms with Gasteiger partial charge in [-0.05, 0) is 50.9 Å². The Kier molecular flexibility index (Phi) is 3.18. The zero-order chi connectivity index (χ0) is 14.9. The molecule has 3 nitrogen and oxygen atoms in total. The van der Waals surface area contributed by atoms with E-state index in [1.165, 1.54) is 0 Å². The van der Waals surface area contributed by atoms with Crippen LogP contribution in [0.2, 0.25) is 0 Å². The number of hydrazine groups is 1. The lowest BCUT2D eigenvalue weighted by Crippen LogP contribution is -2.49. The molecule has 1 saturated carbocycles. The third-order valence-corrected chi connectivity index (χ3v) is 6.26. The number of hydrogen-bond donors (Lipinski definition) is 2. The van der Waals surface area contributed by atoms with E-state index in [0.717, 1.165) is 6.42 Å². The van der Waals surface area contributed by atoms with Crippen LogP contribution in [0.15, 0.2) is 0 Å². The van der Waals surface area contributed by atoms with E-state index in [1.807, 2.05) is 0 Å². The van der Waals surface area contributed by atoms with Crippen molar-refractivity contribution in [3.05, 3.63) is 0 Å². The molecule has 2 rings (SSSR count). The van der Waals surface area contributed by atoms with Gasteiger partial charge in [0.25, 0.3) is 0 Å². The van der Waals surface area contributed by atoms with Gasteiger partial charge in [0, 0.05) is 12.0 Å². The van der Waals surface area contributed by atoms with Gasteiger partial charge in [0.15, 0.2) is 0 Å². The van der Waals surface area contributed by atoms with Crippen molar-refractivity contribution in [1.82, 2.24) is 5.43 Å². The van der Waals surface area contributed by atoms with Gasteiger partial charge in [-0.1, -0.05) is 27.7 Å². The highest BCUT2D eigenvalue weighted by Gasteiger charge is 2.69. The van der Waals surface area contributed by atoms with Gasteiger partial charge < -0.3 is 4.74 Å². The Bertz CT molecular complexity index is 357. The Morgan fingerprint density at radius 3 is 1.74 bits per heavy atom. The predicted molar refractivity (Wildman–Crippen MR) is 79.5 cm³/mol. The van der Waals surface area contributed by atoms with Crippen LogP contribution in [-0.2, 0) is 4.74 Å². The normalized spacial score (nSPS) is 36.2. The second kappa shape index (κ2) is 3.96. The first-order valence-electron chi connectivity index (χ1n) is 7.53. The number of rotatable bonds is 3. The van der Waals surface area contributed by atoms with Crippen LogP contribution in [0.1, 0.15) is 61.8 Å². The molecule has 0 bridgehead atoms. The van der Waals surface area contributed by atoms with Crippen molar-refractivity contribution in [3.8, 4) is 0 Å². The van der Waals surface area contributed by atoms with E-state index in [9.17, 15) is 0 Å². The van der Waals surface area contributed by atoms with Crippen LogP contribution in [0.4, 0.5) is 0 Å². The van der Waals surface area contributed by atoms with E-state index in [0.29, 0.717) is 28.7 Å². The number of nitrogens with two attached hydrogens (primary N) is 1. The summed E-state index contributed by atoms with van der Waals surface area (Å²) < 4.78 is 6.25. The lowest BCUT2D eigenvalue weighted by Gasteiger charge is -2.34. The zero-order valence-electron chi connectivity index (χ0n) is 13.9. The average molecular weight is 268 g/mol. The molecule has 0 aromatic heterocycles. The van der Waals surface area contributed by atoms with Crippen LogP contribution in [-0.4, -0.2) is 17.2 Å². The van der Waals surface area contributed by atoms with Gasteiger partial charge in [0.2, 0.25) is 0 Å². The first-order chi connectivity index (χ1) is 8.37. The SMILES string of the molecule is CC1(C)CC(C(NN)C2C(C)(C)C2(C)C)C(C)(C)O1. The first kappa shape index (κ1) is 15.3. The zero-order valence-corrected chi connectivity index (χ0v) is 13.9. The van der Waals surface area contributed by atoms with E-state index in [-0.39, 0.29) is 11.2 Å². The molecule has 2 aliphatic rings. The molecule has 112 valence electrons. The summed E-state index contributed by atoms with van der Waals surface area (Å²) >= 11 is 0. The minimum Gasteiger partial charge on any atom is -0.369 e. The van der Waals surface area contributed by atoms with Crippen LogP contribution in [0.25, 0.3) is 0 Å². The van der Waals surface area contributed by atoms with E-state index in [4.69, 9.17) is 10.6 Å².